The van der Waals surface area contributed by atoms with Crippen LogP contribution in [0, 0.1) is 5.92 Å². The second-order valence-electron chi connectivity index (χ2n) is 9.08. The molecule has 4 aromatic carbocycles. The molecule has 0 bridgehead atoms. The summed E-state index contributed by atoms with van der Waals surface area (Å²) in [4.78, 5) is 39.5. The first-order valence-electron chi connectivity index (χ1n) is 11.3. The fraction of sp³-hybridized carbons (Fsp3) is 0.207. The Morgan fingerprint density at radius 3 is 2.15 bits per heavy atom. The van der Waals surface area contributed by atoms with Gasteiger partial charge in [0, 0.05) is 31.7 Å². The predicted octanol–water partition coefficient (Wildman–Crippen LogP) is 5.80. The average molecular weight is 453 g/mol. The fourth-order valence-corrected chi connectivity index (χ4v) is 4.72. The maximum atomic E-state index is 13.5. The van der Waals surface area contributed by atoms with Gasteiger partial charge in [-0.2, -0.15) is 0 Å². The van der Waals surface area contributed by atoms with Crippen molar-refractivity contribution in [1.29, 1.82) is 0 Å². The van der Waals surface area contributed by atoms with E-state index in [4.69, 9.17) is 9.47 Å². The number of cyclic esters (lactones) is 2. The third kappa shape index (κ3) is 4.05. The van der Waals surface area contributed by atoms with Crippen LogP contribution in [0.15, 0.2) is 84.9 Å². The van der Waals surface area contributed by atoms with E-state index in [0.717, 1.165) is 27.1 Å². The van der Waals surface area contributed by atoms with E-state index in [1.807, 2.05) is 78.9 Å². The molecular formula is C29H24O5. The smallest absolute Gasteiger partial charge is 0.324 e. The van der Waals surface area contributed by atoms with Gasteiger partial charge in [-0.3, -0.25) is 14.4 Å². The molecule has 0 N–H and O–H groups in total. The molecule has 170 valence electrons. The second-order valence-corrected chi connectivity index (χ2v) is 9.08. The van der Waals surface area contributed by atoms with E-state index in [-0.39, 0.29) is 12.2 Å². The number of ketones is 1. The number of hydrogen-bond acceptors (Lipinski definition) is 5. The van der Waals surface area contributed by atoms with Crippen molar-refractivity contribution in [3.8, 4) is 0 Å². The molecule has 1 aliphatic rings. The molecule has 1 aliphatic heterocycles. The fourth-order valence-electron chi connectivity index (χ4n) is 4.72. The lowest BCUT2D eigenvalue weighted by molar-refractivity contribution is -0.241. The lowest BCUT2D eigenvalue weighted by Gasteiger charge is -2.36. The summed E-state index contributed by atoms with van der Waals surface area (Å²) in [5, 5.41) is 3.83. The SMILES string of the molecule is CC1(C)OC(=O)C(C(CC(=O)c2ccc3ccccc3c2)c2cccc3ccccc23)C(=O)O1. The first-order chi connectivity index (χ1) is 16.3. The van der Waals surface area contributed by atoms with Crippen molar-refractivity contribution in [2.24, 2.45) is 5.92 Å². The molecule has 1 heterocycles. The van der Waals surface area contributed by atoms with Crippen LogP contribution in [0.2, 0.25) is 0 Å². The van der Waals surface area contributed by atoms with Crippen LogP contribution in [0.1, 0.15) is 42.1 Å². The molecular weight excluding hydrogens is 428 g/mol. The molecule has 4 aromatic rings. The first kappa shape index (κ1) is 21.8. The molecule has 1 unspecified atom stereocenters. The molecule has 1 saturated heterocycles. The Morgan fingerprint density at radius 1 is 0.794 bits per heavy atom. The Hall–Kier alpha value is -3.99. The van der Waals surface area contributed by atoms with Gasteiger partial charge in [0.05, 0.1) is 0 Å². The van der Waals surface area contributed by atoms with Gasteiger partial charge < -0.3 is 9.47 Å². The molecule has 0 spiro atoms. The molecule has 1 atom stereocenters. The van der Waals surface area contributed by atoms with Gasteiger partial charge in [-0.15, -0.1) is 0 Å². The van der Waals surface area contributed by atoms with Crippen molar-refractivity contribution in [3.63, 3.8) is 0 Å². The van der Waals surface area contributed by atoms with Crippen LogP contribution in [0.25, 0.3) is 21.5 Å². The van der Waals surface area contributed by atoms with Crippen molar-refractivity contribution < 1.29 is 23.9 Å². The van der Waals surface area contributed by atoms with E-state index >= 15 is 0 Å². The third-order valence-corrected chi connectivity index (χ3v) is 6.30. The third-order valence-electron chi connectivity index (χ3n) is 6.30. The summed E-state index contributed by atoms with van der Waals surface area (Å²) in [6.45, 7) is 3.04. The molecule has 5 heteroatoms. The molecule has 0 aliphatic carbocycles. The number of fused-ring (bicyclic) bond motifs is 2. The second kappa shape index (κ2) is 8.41. The summed E-state index contributed by atoms with van der Waals surface area (Å²) < 4.78 is 10.8. The van der Waals surface area contributed by atoms with Gasteiger partial charge in [0.25, 0.3) is 5.79 Å². The van der Waals surface area contributed by atoms with Crippen molar-refractivity contribution in [2.75, 3.05) is 0 Å². The molecule has 5 nitrogen and oxygen atoms in total. The van der Waals surface area contributed by atoms with Gasteiger partial charge in [-0.1, -0.05) is 78.9 Å². The highest BCUT2D eigenvalue weighted by Gasteiger charge is 2.48. The number of carbonyl (C=O) groups is 3. The summed E-state index contributed by atoms with van der Waals surface area (Å²) in [7, 11) is 0. The van der Waals surface area contributed by atoms with Crippen LogP contribution in [0.4, 0.5) is 0 Å². The number of rotatable bonds is 5. The van der Waals surface area contributed by atoms with Crippen LogP contribution < -0.4 is 0 Å². The van der Waals surface area contributed by atoms with Gasteiger partial charge >= 0.3 is 11.9 Å². The first-order valence-corrected chi connectivity index (χ1v) is 11.3. The molecule has 0 saturated carbocycles. The number of Topliss-reactive ketones (excluding diaryl/α,β-unsaturated/α-hetero) is 1. The highest BCUT2D eigenvalue weighted by atomic mass is 16.7. The zero-order chi connectivity index (χ0) is 23.9. The zero-order valence-corrected chi connectivity index (χ0v) is 19.0. The Morgan fingerprint density at radius 2 is 1.41 bits per heavy atom. The normalized spacial score (nSPS) is 16.8. The number of hydrogen-bond donors (Lipinski definition) is 0. The minimum absolute atomic E-state index is 0.0400. The Labute approximate surface area is 197 Å². The average Bonchev–Trinajstić information content (AvgIpc) is 2.81. The van der Waals surface area contributed by atoms with Crippen LogP contribution in [-0.2, 0) is 19.1 Å². The summed E-state index contributed by atoms with van der Waals surface area (Å²) in [6, 6.07) is 26.7. The van der Waals surface area contributed by atoms with Gasteiger partial charge in [-0.05, 0) is 33.2 Å². The van der Waals surface area contributed by atoms with E-state index in [9.17, 15) is 14.4 Å². The highest BCUT2D eigenvalue weighted by Crippen LogP contribution is 2.39. The number of ether oxygens (including phenoxy) is 2. The van der Waals surface area contributed by atoms with Crippen molar-refractivity contribution in [3.05, 3.63) is 96.1 Å². The summed E-state index contributed by atoms with van der Waals surface area (Å²) in [5.74, 6) is -4.81. The molecule has 1 fully saturated rings. The van der Waals surface area contributed by atoms with E-state index in [0.29, 0.717) is 5.56 Å². The lowest BCUT2D eigenvalue weighted by atomic mass is 9.79. The van der Waals surface area contributed by atoms with E-state index in [1.165, 1.54) is 13.8 Å². The Balaban J connectivity index is 1.58. The molecule has 0 radical (unpaired) electrons. The molecule has 34 heavy (non-hydrogen) atoms. The number of carbonyl (C=O) groups excluding carboxylic acids is 3. The monoisotopic (exact) mass is 452 g/mol. The van der Waals surface area contributed by atoms with Crippen molar-refractivity contribution in [1.82, 2.24) is 0 Å². The molecule has 5 rings (SSSR count). The highest BCUT2D eigenvalue weighted by molar-refractivity contribution is 6.03. The van der Waals surface area contributed by atoms with Gasteiger partial charge in [0.1, 0.15) is 0 Å². The van der Waals surface area contributed by atoms with Crippen molar-refractivity contribution in [2.45, 2.75) is 32.0 Å². The zero-order valence-electron chi connectivity index (χ0n) is 19.0. The van der Waals surface area contributed by atoms with E-state index in [2.05, 4.69) is 0 Å². The van der Waals surface area contributed by atoms with Crippen LogP contribution in [0.3, 0.4) is 0 Å². The van der Waals surface area contributed by atoms with E-state index < -0.39 is 29.6 Å². The van der Waals surface area contributed by atoms with E-state index in [1.54, 1.807) is 6.07 Å². The van der Waals surface area contributed by atoms with Crippen molar-refractivity contribution >= 4 is 39.3 Å². The molecule has 0 aromatic heterocycles. The van der Waals surface area contributed by atoms with Gasteiger partial charge in [0.15, 0.2) is 11.7 Å². The topological polar surface area (TPSA) is 69.7 Å². The molecule has 0 amide bonds. The number of esters is 2. The summed E-state index contributed by atoms with van der Waals surface area (Å²) >= 11 is 0. The van der Waals surface area contributed by atoms with Gasteiger partial charge in [0.2, 0.25) is 0 Å². The maximum Gasteiger partial charge on any atom is 0.324 e. The van der Waals surface area contributed by atoms with Crippen LogP contribution in [-0.4, -0.2) is 23.5 Å². The number of benzene rings is 4. The predicted molar refractivity (Wildman–Crippen MR) is 129 cm³/mol. The lowest BCUT2D eigenvalue weighted by Crippen LogP contribution is -2.48. The maximum absolute atomic E-state index is 13.5. The largest absolute Gasteiger partial charge is 0.422 e. The van der Waals surface area contributed by atoms with Crippen LogP contribution in [0.5, 0.6) is 0 Å². The summed E-state index contributed by atoms with van der Waals surface area (Å²) in [6.07, 6.45) is -0.0400. The quantitative estimate of drug-likeness (QED) is 0.217. The Bertz CT molecular complexity index is 1410. The Kier molecular flexibility index (Phi) is 5.40. The summed E-state index contributed by atoms with van der Waals surface area (Å²) in [5.41, 5.74) is 1.27. The van der Waals surface area contributed by atoms with Gasteiger partial charge in [-0.25, -0.2) is 0 Å². The van der Waals surface area contributed by atoms with Crippen LogP contribution >= 0.6 is 0 Å². The minimum Gasteiger partial charge on any atom is -0.422 e. The minimum atomic E-state index is -1.34. The standard InChI is InChI=1S/C29H24O5/c1-29(2)33-27(31)26(28(32)34-29)24(23-13-7-11-19-9-5-6-12-22(19)23)17-25(30)21-15-14-18-8-3-4-10-20(18)16-21/h3-16,24,26H,17H2,1-2H3.